The summed E-state index contributed by atoms with van der Waals surface area (Å²) < 4.78 is 0. The van der Waals surface area contributed by atoms with Crippen LogP contribution in [-0.2, 0) is 40.5 Å². The van der Waals surface area contributed by atoms with Crippen molar-refractivity contribution in [3.05, 3.63) is 0 Å². The zero-order valence-corrected chi connectivity index (χ0v) is 7.89. The molecule has 0 aromatic carbocycles. The summed E-state index contributed by atoms with van der Waals surface area (Å²) in [4.78, 5) is 0. The molecule has 0 aliphatic carbocycles. The van der Waals surface area contributed by atoms with Gasteiger partial charge in [-0.25, -0.2) is 0 Å². The second-order valence-corrected chi connectivity index (χ2v) is 0. The molecule has 0 N–H and O–H groups in total. The van der Waals surface area contributed by atoms with E-state index in [1.54, 1.807) is 0 Å². The van der Waals surface area contributed by atoms with Gasteiger partial charge >= 0.3 is 0 Å². The zero-order valence-electron chi connectivity index (χ0n) is 2.10. The number of halogens is 1. The molecule has 0 heterocycles. The molecule has 0 aliphatic heterocycles. The number of rotatable bonds is 0. The van der Waals surface area contributed by atoms with Gasteiger partial charge in [0, 0.05) is 49.0 Å². The van der Waals surface area contributed by atoms with E-state index < -0.39 is 0 Å². The molecule has 0 rings (SSSR count). The molecule has 0 unspecified atom stereocenters. The topological polar surface area (TPSA) is 0 Å². The van der Waals surface area contributed by atoms with Crippen molar-refractivity contribution in [2.24, 2.45) is 0 Å². The van der Waals surface area contributed by atoms with E-state index in [1.165, 1.54) is 0 Å². The summed E-state index contributed by atoms with van der Waals surface area (Å²) in [5, 5.41) is 0. The van der Waals surface area contributed by atoms with Crippen LogP contribution in [0.3, 0.4) is 0 Å². The fraction of sp³-hybridized carbons (Fsp3) is 0. The molecule has 0 atom stereocenters. The van der Waals surface area contributed by atoms with Crippen LogP contribution >= 0.6 is 12.4 Å². The van der Waals surface area contributed by atoms with Crippen LogP contribution in [0, 0.1) is 0 Å². The second-order valence-electron chi connectivity index (χ2n) is 0. The third-order valence-electron chi connectivity index (χ3n) is 0. The van der Waals surface area contributed by atoms with Crippen molar-refractivity contribution in [3.63, 3.8) is 0 Å². The van der Waals surface area contributed by atoms with Crippen molar-refractivity contribution < 1.29 is 40.5 Å². The minimum absolute atomic E-state index is 0. The largest absolute Gasteiger partial charge is 0.147 e. The Morgan fingerprint density at radius 3 is 1.00 bits per heavy atom. The van der Waals surface area contributed by atoms with Gasteiger partial charge in [0.05, 0.1) is 0 Å². The molecule has 0 amide bonds. The van der Waals surface area contributed by atoms with E-state index in [4.69, 9.17) is 0 Å². The van der Waals surface area contributed by atoms with Crippen LogP contribution in [0.1, 0.15) is 0 Å². The van der Waals surface area contributed by atoms with Gasteiger partial charge in [0.2, 0.25) is 0 Å². The van der Waals surface area contributed by atoms with Crippen molar-refractivity contribution in [1.82, 2.24) is 0 Å². The van der Waals surface area contributed by atoms with E-state index in [-0.39, 0.29) is 61.4 Å². The molecule has 0 saturated carbocycles. The maximum absolute atomic E-state index is 0. The summed E-state index contributed by atoms with van der Waals surface area (Å²) in [6, 6.07) is 0. The van der Waals surface area contributed by atoms with Gasteiger partial charge in [0.15, 0.2) is 0 Å². The van der Waals surface area contributed by atoms with Crippen LogP contribution < -0.4 is 0 Å². The van der Waals surface area contributed by atoms with Crippen LogP contribution in [0.4, 0.5) is 0 Å². The third kappa shape index (κ3) is 9.39. The predicted molar refractivity (Wildman–Crippen MR) is 13.0 cm³/mol. The Morgan fingerprint density at radius 1 is 1.00 bits per heavy atom. The van der Waals surface area contributed by atoms with Gasteiger partial charge in [-0.3, -0.25) is 0 Å². The SMILES string of the molecule is Cl.[B].[Mo].[Zn]. The number of hydrogen-bond acceptors (Lipinski definition) is 0. The Hall–Kier alpha value is 1.67. The first-order valence-electron chi connectivity index (χ1n) is 0. The number of hydrogen-bond donors (Lipinski definition) is 0. The van der Waals surface area contributed by atoms with Gasteiger partial charge in [-0.2, -0.15) is 0 Å². The average Bonchev–Trinajstić information content (AvgIpc) is 0. The first-order chi connectivity index (χ1) is 0. The predicted octanol–water partition coefficient (Wildman–Crippen LogP) is 0.0360. The van der Waals surface area contributed by atoms with Crippen LogP contribution in [0.25, 0.3) is 0 Å². The smallest absolute Gasteiger partial charge is 0 e. The van der Waals surface area contributed by atoms with Gasteiger partial charge in [0.1, 0.15) is 0 Å². The van der Waals surface area contributed by atoms with Crippen molar-refractivity contribution in [3.8, 4) is 0 Å². The van der Waals surface area contributed by atoms with Crippen LogP contribution in [0.15, 0.2) is 0 Å². The van der Waals surface area contributed by atoms with Crippen LogP contribution in [-0.4, -0.2) is 8.41 Å². The molecule has 0 saturated heterocycles. The summed E-state index contributed by atoms with van der Waals surface area (Å²) >= 11 is 0. The summed E-state index contributed by atoms with van der Waals surface area (Å²) in [6.45, 7) is 0. The van der Waals surface area contributed by atoms with Crippen molar-refractivity contribution in [2.75, 3.05) is 0 Å². The van der Waals surface area contributed by atoms with Crippen molar-refractivity contribution in [2.45, 2.75) is 0 Å². The van der Waals surface area contributed by atoms with Crippen molar-refractivity contribution >= 4 is 20.8 Å². The molecule has 19 valence electrons. The summed E-state index contributed by atoms with van der Waals surface area (Å²) in [5.74, 6) is 0. The maximum atomic E-state index is 0. The Kier molecular flexibility index (Phi) is 251. The van der Waals surface area contributed by atoms with E-state index >= 15 is 0 Å². The van der Waals surface area contributed by atoms with Gasteiger partial charge in [-0.05, 0) is 0 Å². The van der Waals surface area contributed by atoms with E-state index in [0.29, 0.717) is 0 Å². The third-order valence-corrected chi connectivity index (χ3v) is 0. The molecular formula is HBClMoZn. The summed E-state index contributed by atoms with van der Waals surface area (Å²) in [6.07, 6.45) is 0. The first-order valence-corrected chi connectivity index (χ1v) is 0. The monoisotopic (exact) mass is 209 g/mol. The van der Waals surface area contributed by atoms with Gasteiger partial charge in [-0.1, -0.05) is 0 Å². The Labute approximate surface area is 61.1 Å². The second kappa shape index (κ2) is 22.6. The molecule has 0 spiro atoms. The van der Waals surface area contributed by atoms with Crippen LogP contribution in [0.2, 0.25) is 0 Å². The molecule has 0 aromatic heterocycles. The van der Waals surface area contributed by atoms with Crippen LogP contribution in [0.5, 0.6) is 0 Å². The maximum Gasteiger partial charge on any atom is 0 e. The molecule has 0 bridgehead atoms. The molecular weight excluding hydrogens is 208 g/mol. The molecule has 0 aliphatic rings. The molecule has 4 heteroatoms. The average molecular weight is 209 g/mol. The molecule has 0 fully saturated rings. The minimum Gasteiger partial charge on any atom is -0.147 e. The Balaban J connectivity index is 0. The van der Waals surface area contributed by atoms with E-state index in [2.05, 4.69) is 0 Å². The fourth-order valence-corrected chi connectivity index (χ4v) is 0. The van der Waals surface area contributed by atoms with E-state index in [1.807, 2.05) is 0 Å². The van der Waals surface area contributed by atoms with Gasteiger partial charge < -0.3 is 0 Å². The molecule has 4 heavy (non-hydrogen) atoms. The van der Waals surface area contributed by atoms with E-state index in [9.17, 15) is 0 Å². The molecule has 0 aromatic rings. The molecule has 3 radical (unpaired) electrons. The molecule has 0 nitrogen and oxygen atoms in total. The normalized spacial score (nSPS) is 0. The fourth-order valence-electron chi connectivity index (χ4n) is 0. The minimum atomic E-state index is 0. The van der Waals surface area contributed by atoms with Gasteiger partial charge in [-0.15, -0.1) is 12.4 Å². The summed E-state index contributed by atoms with van der Waals surface area (Å²) in [7, 11) is 0. The first kappa shape index (κ1) is 44.4. The Bertz CT molecular complexity index is 8.00. The summed E-state index contributed by atoms with van der Waals surface area (Å²) in [5.41, 5.74) is 0. The van der Waals surface area contributed by atoms with Crippen molar-refractivity contribution in [1.29, 1.82) is 0 Å². The standard InChI is InChI=1S/B.ClH.Mo.Zn/h;1H;;. The quantitative estimate of drug-likeness (QED) is 0.493. The zero-order chi connectivity index (χ0) is 0. The Morgan fingerprint density at radius 2 is 1.00 bits per heavy atom. The van der Waals surface area contributed by atoms with Gasteiger partial charge in [0.25, 0.3) is 0 Å². The van der Waals surface area contributed by atoms with E-state index in [0.717, 1.165) is 0 Å².